The Morgan fingerprint density at radius 3 is 2.61 bits per heavy atom. The average Bonchev–Trinajstić information content (AvgIpc) is 2.60. The van der Waals surface area contributed by atoms with Crippen LogP contribution in [0.3, 0.4) is 0 Å². The van der Waals surface area contributed by atoms with Crippen LogP contribution in [0.2, 0.25) is 5.02 Å². The van der Waals surface area contributed by atoms with Crippen molar-refractivity contribution in [1.29, 1.82) is 0 Å². The molecule has 4 heteroatoms. The van der Waals surface area contributed by atoms with Crippen molar-refractivity contribution < 1.29 is 9.47 Å². The van der Waals surface area contributed by atoms with Crippen LogP contribution in [0.4, 0.5) is 5.69 Å². The van der Waals surface area contributed by atoms with Gasteiger partial charge in [0.2, 0.25) is 0 Å². The van der Waals surface area contributed by atoms with Crippen molar-refractivity contribution >= 4 is 17.3 Å². The van der Waals surface area contributed by atoms with Crippen LogP contribution in [-0.4, -0.2) is 27.3 Å². The Balaban J connectivity index is 1.90. The van der Waals surface area contributed by atoms with Crippen molar-refractivity contribution in [2.24, 2.45) is 0 Å². The van der Waals surface area contributed by atoms with E-state index in [4.69, 9.17) is 21.1 Å². The van der Waals surface area contributed by atoms with Crippen molar-refractivity contribution in [3.05, 3.63) is 52.5 Å². The summed E-state index contributed by atoms with van der Waals surface area (Å²) >= 11 is 6.18. The number of methoxy groups -OCH3 is 2. The zero-order chi connectivity index (χ0) is 16.4. The largest absolute Gasteiger partial charge is 0.496 e. The molecule has 0 spiro atoms. The molecule has 23 heavy (non-hydrogen) atoms. The minimum Gasteiger partial charge on any atom is -0.496 e. The molecule has 1 aliphatic carbocycles. The monoisotopic (exact) mass is 331 g/mol. The standard InChI is InChI=1S/C19H22ClNO2/c1-21(17-11-14(20)8-10-19(17)23-3)15-9-7-13-5-4-6-18(22-2)16(13)12-15/h4-6,8,10-11,15H,7,9,12H2,1-3H3/t15-/m0/s1. The Hall–Kier alpha value is -1.87. The Morgan fingerprint density at radius 1 is 1.09 bits per heavy atom. The van der Waals surface area contributed by atoms with Crippen LogP contribution in [-0.2, 0) is 12.8 Å². The molecule has 0 aromatic heterocycles. The molecule has 0 bridgehead atoms. The molecule has 0 heterocycles. The van der Waals surface area contributed by atoms with Gasteiger partial charge in [-0.25, -0.2) is 0 Å². The van der Waals surface area contributed by atoms with Gasteiger partial charge in [0.05, 0.1) is 19.9 Å². The van der Waals surface area contributed by atoms with E-state index >= 15 is 0 Å². The van der Waals surface area contributed by atoms with Crippen LogP contribution in [0.5, 0.6) is 11.5 Å². The van der Waals surface area contributed by atoms with Gasteiger partial charge in [0.1, 0.15) is 11.5 Å². The maximum atomic E-state index is 6.18. The molecule has 2 aromatic carbocycles. The molecule has 0 unspecified atom stereocenters. The summed E-state index contributed by atoms with van der Waals surface area (Å²) in [7, 11) is 5.54. The number of ether oxygens (including phenoxy) is 2. The molecule has 3 nitrogen and oxygen atoms in total. The first-order valence-corrected chi connectivity index (χ1v) is 8.23. The second-order valence-corrected chi connectivity index (χ2v) is 6.36. The number of hydrogen-bond acceptors (Lipinski definition) is 3. The van der Waals surface area contributed by atoms with Crippen molar-refractivity contribution in [2.75, 3.05) is 26.2 Å². The molecule has 0 radical (unpaired) electrons. The van der Waals surface area contributed by atoms with E-state index in [9.17, 15) is 0 Å². The van der Waals surface area contributed by atoms with Crippen LogP contribution < -0.4 is 14.4 Å². The molecule has 3 rings (SSSR count). The number of anilines is 1. The summed E-state index contributed by atoms with van der Waals surface area (Å²) in [6.45, 7) is 0. The fourth-order valence-corrected chi connectivity index (χ4v) is 3.56. The number of rotatable bonds is 4. The van der Waals surface area contributed by atoms with Gasteiger partial charge < -0.3 is 14.4 Å². The van der Waals surface area contributed by atoms with E-state index in [1.807, 2.05) is 24.3 Å². The third kappa shape index (κ3) is 3.11. The molecule has 0 N–H and O–H groups in total. The zero-order valence-corrected chi connectivity index (χ0v) is 14.6. The third-order valence-electron chi connectivity index (χ3n) is 4.71. The fourth-order valence-electron chi connectivity index (χ4n) is 3.39. The summed E-state index contributed by atoms with van der Waals surface area (Å²) in [5, 5.41) is 0.724. The van der Waals surface area contributed by atoms with Gasteiger partial charge in [-0.2, -0.15) is 0 Å². The van der Waals surface area contributed by atoms with Gasteiger partial charge in [-0.05, 0) is 54.7 Å². The first-order chi connectivity index (χ1) is 11.1. The van der Waals surface area contributed by atoms with E-state index in [0.717, 1.165) is 41.5 Å². The van der Waals surface area contributed by atoms with Crippen LogP contribution in [0.1, 0.15) is 17.5 Å². The zero-order valence-electron chi connectivity index (χ0n) is 13.8. The predicted octanol–water partition coefficient (Wildman–Crippen LogP) is 4.35. The highest BCUT2D eigenvalue weighted by Gasteiger charge is 2.26. The van der Waals surface area contributed by atoms with Crippen LogP contribution >= 0.6 is 11.6 Å². The molecule has 0 fully saturated rings. The molecule has 1 aliphatic rings. The van der Waals surface area contributed by atoms with Crippen LogP contribution in [0.15, 0.2) is 36.4 Å². The van der Waals surface area contributed by atoms with Crippen LogP contribution in [0, 0.1) is 0 Å². The number of hydrogen-bond donors (Lipinski definition) is 0. The lowest BCUT2D eigenvalue weighted by molar-refractivity contribution is 0.400. The summed E-state index contributed by atoms with van der Waals surface area (Å²) in [5.74, 6) is 1.83. The molecular weight excluding hydrogens is 310 g/mol. The third-order valence-corrected chi connectivity index (χ3v) is 4.94. The van der Waals surface area contributed by atoms with E-state index in [2.05, 4.69) is 24.1 Å². The Kier molecular flexibility index (Phi) is 4.67. The Bertz CT molecular complexity index is 688. The lowest BCUT2D eigenvalue weighted by atomic mass is 9.87. The lowest BCUT2D eigenvalue weighted by Crippen LogP contribution is -2.36. The summed E-state index contributed by atoms with van der Waals surface area (Å²) in [5.41, 5.74) is 3.74. The SMILES string of the molecule is COc1ccc(Cl)cc1N(C)[C@H]1CCc2cccc(OC)c2C1. The number of benzene rings is 2. The summed E-state index contributed by atoms with van der Waals surface area (Å²) < 4.78 is 11.0. The van der Waals surface area contributed by atoms with Crippen molar-refractivity contribution in [1.82, 2.24) is 0 Å². The average molecular weight is 332 g/mol. The molecule has 122 valence electrons. The fraction of sp³-hybridized carbons (Fsp3) is 0.368. The minimum atomic E-state index is 0.395. The molecule has 1 atom stereocenters. The minimum absolute atomic E-state index is 0.395. The number of nitrogens with zero attached hydrogens (tertiary/aromatic N) is 1. The normalized spacial score (nSPS) is 16.6. The van der Waals surface area contributed by atoms with Crippen molar-refractivity contribution in [2.45, 2.75) is 25.3 Å². The first-order valence-electron chi connectivity index (χ1n) is 7.85. The maximum absolute atomic E-state index is 6.18. The number of likely N-dealkylation sites (N-methyl/N-ethyl adjacent to an activating group) is 1. The van der Waals surface area contributed by atoms with E-state index in [1.165, 1.54) is 11.1 Å². The smallest absolute Gasteiger partial charge is 0.142 e. The lowest BCUT2D eigenvalue weighted by Gasteiger charge is -2.35. The second kappa shape index (κ2) is 6.71. The molecule has 0 aliphatic heterocycles. The first kappa shape index (κ1) is 16.0. The van der Waals surface area contributed by atoms with E-state index in [-0.39, 0.29) is 0 Å². The number of aryl methyl sites for hydroxylation is 1. The topological polar surface area (TPSA) is 21.7 Å². The summed E-state index contributed by atoms with van der Waals surface area (Å²) in [6.07, 6.45) is 3.13. The second-order valence-electron chi connectivity index (χ2n) is 5.92. The highest BCUT2D eigenvalue weighted by atomic mass is 35.5. The quantitative estimate of drug-likeness (QED) is 0.831. The van der Waals surface area contributed by atoms with Gasteiger partial charge in [0.25, 0.3) is 0 Å². The van der Waals surface area contributed by atoms with Gasteiger partial charge in [0.15, 0.2) is 0 Å². The summed E-state index contributed by atoms with van der Waals surface area (Å²) in [6, 6.07) is 12.5. The van der Waals surface area contributed by atoms with Gasteiger partial charge in [0, 0.05) is 18.1 Å². The summed E-state index contributed by atoms with van der Waals surface area (Å²) in [4.78, 5) is 2.28. The number of halogens is 1. The van der Waals surface area contributed by atoms with Gasteiger partial charge in [-0.3, -0.25) is 0 Å². The molecule has 0 saturated carbocycles. The maximum Gasteiger partial charge on any atom is 0.142 e. The van der Waals surface area contributed by atoms with E-state index in [1.54, 1.807) is 14.2 Å². The van der Waals surface area contributed by atoms with Crippen molar-refractivity contribution in [3.63, 3.8) is 0 Å². The predicted molar refractivity (Wildman–Crippen MR) is 95.2 cm³/mol. The van der Waals surface area contributed by atoms with Gasteiger partial charge in [-0.15, -0.1) is 0 Å². The van der Waals surface area contributed by atoms with Crippen LogP contribution in [0.25, 0.3) is 0 Å². The molecule has 2 aromatic rings. The molecule has 0 amide bonds. The molecular formula is C19H22ClNO2. The highest BCUT2D eigenvalue weighted by Crippen LogP contribution is 2.36. The molecule has 0 saturated heterocycles. The number of fused-ring (bicyclic) bond motifs is 1. The van der Waals surface area contributed by atoms with E-state index in [0.29, 0.717) is 6.04 Å². The Labute approximate surface area is 142 Å². The van der Waals surface area contributed by atoms with Gasteiger partial charge >= 0.3 is 0 Å². The van der Waals surface area contributed by atoms with Crippen molar-refractivity contribution in [3.8, 4) is 11.5 Å². The highest BCUT2D eigenvalue weighted by molar-refractivity contribution is 6.30. The van der Waals surface area contributed by atoms with E-state index < -0.39 is 0 Å². The van der Waals surface area contributed by atoms with Gasteiger partial charge in [-0.1, -0.05) is 23.7 Å². The Morgan fingerprint density at radius 2 is 1.87 bits per heavy atom.